The normalized spacial score (nSPS) is 36.7. The number of ether oxygens (including phenoxy) is 1. The van der Waals surface area contributed by atoms with Gasteiger partial charge in [0.15, 0.2) is 0 Å². The lowest BCUT2D eigenvalue weighted by molar-refractivity contribution is -0.217. The maximum absolute atomic E-state index is 13.5. The summed E-state index contributed by atoms with van der Waals surface area (Å²) < 4.78 is 18.6. The van der Waals surface area contributed by atoms with Crippen molar-refractivity contribution in [3.63, 3.8) is 0 Å². The van der Waals surface area contributed by atoms with E-state index in [1.54, 1.807) is 0 Å². The van der Waals surface area contributed by atoms with Crippen LogP contribution in [0.1, 0.15) is 6.42 Å². The summed E-state index contributed by atoms with van der Waals surface area (Å²) in [6.07, 6.45) is -7.09. The Morgan fingerprint density at radius 2 is 1.90 bits per heavy atom. The maximum Gasteiger partial charge on any atom is 0.320 e. The molecule has 1 aliphatic heterocycles. The van der Waals surface area contributed by atoms with Crippen LogP contribution in [-0.4, -0.2) is 74.7 Å². The van der Waals surface area contributed by atoms with Gasteiger partial charge in [0.25, 0.3) is 0 Å². The third-order valence-corrected chi connectivity index (χ3v) is 3.01. The molecule has 0 aromatic rings. The van der Waals surface area contributed by atoms with Gasteiger partial charge in [-0.05, 0) is 6.08 Å². The number of hydrogen-bond acceptors (Lipinski definition) is 7. The van der Waals surface area contributed by atoms with E-state index >= 15 is 0 Å². The van der Waals surface area contributed by atoms with Gasteiger partial charge in [0.2, 0.25) is 0 Å². The number of aliphatic hydroxyl groups excluding tert-OH is 4. The molecule has 0 aromatic heterocycles. The summed E-state index contributed by atoms with van der Waals surface area (Å²) in [5.41, 5.74) is 5.15. The highest BCUT2D eigenvalue weighted by atomic mass is 19.1. The van der Waals surface area contributed by atoms with E-state index in [1.807, 2.05) is 0 Å². The lowest BCUT2D eigenvalue weighted by atomic mass is 9.94. The number of carboxylic acids is 1. The first-order chi connectivity index (χ1) is 9.27. The van der Waals surface area contributed by atoms with Crippen LogP contribution in [0.3, 0.4) is 0 Å². The van der Waals surface area contributed by atoms with E-state index in [2.05, 4.69) is 0 Å². The Balaban J connectivity index is 2.76. The van der Waals surface area contributed by atoms with Gasteiger partial charge in [0.1, 0.15) is 42.4 Å². The Kier molecular flexibility index (Phi) is 5.99. The maximum atomic E-state index is 13.5. The fraction of sp³-hybridized carbons (Fsp3) is 0.727. The molecular weight excluding hydrogens is 277 g/mol. The van der Waals surface area contributed by atoms with Crippen molar-refractivity contribution >= 4 is 5.97 Å². The highest BCUT2D eigenvalue weighted by molar-refractivity contribution is 5.73. The first-order valence-corrected chi connectivity index (χ1v) is 5.93. The van der Waals surface area contributed by atoms with Crippen molar-refractivity contribution < 1.29 is 39.5 Å². The van der Waals surface area contributed by atoms with Crippen LogP contribution >= 0.6 is 0 Å². The van der Waals surface area contributed by atoms with E-state index in [1.165, 1.54) is 0 Å². The number of carboxylic acid groups (broad SMARTS) is 1. The third kappa shape index (κ3) is 3.95. The standard InChI is InChI=1S/C11H18FNO7/c12-4(1-5(13)11(18)19)2-6-8(15)10(17)9(16)7(3-14)20-6/h2,5-10,14-17H,1,3,13H2,(H,18,19)/b4-2-/t5-,6-,7+,8-,9+,10+/m0/s1. The van der Waals surface area contributed by atoms with Gasteiger partial charge < -0.3 is 36.0 Å². The molecule has 0 aromatic carbocycles. The molecule has 8 nitrogen and oxygen atoms in total. The molecule has 0 bridgehead atoms. The summed E-state index contributed by atoms with van der Waals surface area (Å²) in [5.74, 6) is -2.33. The van der Waals surface area contributed by atoms with Crippen LogP contribution in [0.15, 0.2) is 11.9 Å². The molecule has 0 saturated carbocycles. The molecule has 1 saturated heterocycles. The molecule has 20 heavy (non-hydrogen) atoms. The number of rotatable bonds is 5. The van der Waals surface area contributed by atoms with Crippen LogP contribution in [0.2, 0.25) is 0 Å². The molecule has 1 heterocycles. The number of hydrogen-bond donors (Lipinski definition) is 6. The minimum Gasteiger partial charge on any atom is -0.480 e. The first-order valence-electron chi connectivity index (χ1n) is 5.93. The lowest BCUT2D eigenvalue weighted by Gasteiger charge is -2.38. The predicted octanol–water partition coefficient (Wildman–Crippen LogP) is -2.52. The molecular formula is C11H18FNO7. The largest absolute Gasteiger partial charge is 0.480 e. The van der Waals surface area contributed by atoms with Crippen LogP contribution in [0, 0.1) is 0 Å². The van der Waals surface area contributed by atoms with Gasteiger partial charge in [0, 0.05) is 6.42 Å². The number of aliphatic hydroxyl groups is 4. The van der Waals surface area contributed by atoms with E-state index in [0.717, 1.165) is 6.08 Å². The fourth-order valence-corrected chi connectivity index (χ4v) is 1.81. The minimum absolute atomic E-state index is 0.607. The molecule has 1 rings (SSSR count). The zero-order valence-corrected chi connectivity index (χ0v) is 10.5. The van der Waals surface area contributed by atoms with E-state index in [9.17, 15) is 24.5 Å². The van der Waals surface area contributed by atoms with Crippen molar-refractivity contribution in [1.82, 2.24) is 0 Å². The topological polar surface area (TPSA) is 153 Å². The Hall–Kier alpha value is -1.10. The molecule has 0 radical (unpaired) electrons. The van der Waals surface area contributed by atoms with Gasteiger partial charge in [-0.2, -0.15) is 0 Å². The second-order valence-electron chi connectivity index (χ2n) is 4.56. The predicted molar refractivity (Wildman–Crippen MR) is 63.2 cm³/mol. The Morgan fingerprint density at radius 3 is 2.40 bits per heavy atom. The number of aliphatic carboxylic acids is 1. The summed E-state index contributed by atoms with van der Waals surface area (Å²) in [6.45, 7) is -0.633. The van der Waals surface area contributed by atoms with Crippen LogP contribution in [0.4, 0.5) is 4.39 Å². The molecule has 0 spiro atoms. The summed E-state index contributed by atoms with van der Waals surface area (Å²) in [6, 6.07) is -1.45. The monoisotopic (exact) mass is 295 g/mol. The number of carbonyl (C=O) groups is 1. The SMILES string of the molecule is N[C@@H](C/C(F)=C/[C@@H]1O[C@H](CO)[C@@H](O)[C@H](O)[C@H]1O)C(=O)O. The zero-order valence-electron chi connectivity index (χ0n) is 10.5. The fourth-order valence-electron chi connectivity index (χ4n) is 1.81. The molecule has 0 aliphatic carbocycles. The average Bonchev–Trinajstić information content (AvgIpc) is 2.39. The molecule has 1 fully saturated rings. The van der Waals surface area contributed by atoms with Crippen LogP contribution < -0.4 is 5.73 Å². The lowest BCUT2D eigenvalue weighted by Crippen LogP contribution is -2.58. The molecule has 7 N–H and O–H groups in total. The van der Waals surface area contributed by atoms with Gasteiger partial charge in [-0.25, -0.2) is 4.39 Å². The first kappa shape index (κ1) is 17.0. The number of halogens is 1. The van der Waals surface area contributed by atoms with Crippen molar-refractivity contribution in [3.05, 3.63) is 11.9 Å². The molecule has 0 amide bonds. The van der Waals surface area contributed by atoms with Gasteiger partial charge >= 0.3 is 5.97 Å². The summed E-state index contributed by atoms with van der Waals surface area (Å²) in [7, 11) is 0. The summed E-state index contributed by atoms with van der Waals surface area (Å²) in [5, 5.41) is 46.1. The highest BCUT2D eigenvalue weighted by Gasteiger charge is 2.42. The quantitative estimate of drug-likeness (QED) is 0.325. The molecule has 0 unspecified atom stereocenters. The molecule has 9 heteroatoms. The molecule has 1 aliphatic rings. The van der Waals surface area contributed by atoms with E-state index in [-0.39, 0.29) is 0 Å². The van der Waals surface area contributed by atoms with Crippen molar-refractivity contribution in [3.8, 4) is 0 Å². The second-order valence-corrected chi connectivity index (χ2v) is 4.56. The summed E-state index contributed by atoms with van der Waals surface area (Å²) in [4.78, 5) is 10.5. The Bertz CT molecular complexity index is 376. The third-order valence-electron chi connectivity index (χ3n) is 3.01. The Morgan fingerprint density at radius 1 is 1.30 bits per heavy atom. The zero-order chi connectivity index (χ0) is 15.4. The van der Waals surface area contributed by atoms with Crippen molar-refractivity contribution in [2.24, 2.45) is 5.73 Å². The average molecular weight is 295 g/mol. The van der Waals surface area contributed by atoms with Crippen molar-refractivity contribution in [2.75, 3.05) is 6.61 Å². The van der Waals surface area contributed by atoms with Gasteiger partial charge in [0.05, 0.1) is 6.61 Å². The van der Waals surface area contributed by atoms with Crippen molar-refractivity contribution in [1.29, 1.82) is 0 Å². The second kappa shape index (κ2) is 7.07. The highest BCUT2D eigenvalue weighted by Crippen LogP contribution is 2.23. The van der Waals surface area contributed by atoms with Crippen LogP contribution in [0.5, 0.6) is 0 Å². The van der Waals surface area contributed by atoms with E-state index < -0.39 is 61.4 Å². The van der Waals surface area contributed by atoms with Crippen LogP contribution in [0.25, 0.3) is 0 Å². The summed E-state index contributed by atoms with van der Waals surface area (Å²) >= 11 is 0. The molecule has 6 atom stereocenters. The van der Waals surface area contributed by atoms with Gasteiger partial charge in [-0.1, -0.05) is 0 Å². The smallest absolute Gasteiger partial charge is 0.320 e. The van der Waals surface area contributed by atoms with E-state index in [0.29, 0.717) is 0 Å². The van der Waals surface area contributed by atoms with E-state index in [4.69, 9.17) is 20.7 Å². The molecule has 116 valence electrons. The van der Waals surface area contributed by atoms with Crippen molar-refractivity contribution in [2.45, 2.75) is 43.0 Å². The van der Waals surface area contributed by atoms with Gasteiger partial charge in [-0.15, -0.1) is 0 Å². The Labute approximate surface area is 113 Å². The minimum atomic E-state index is -1.62. The van der Waals surface area contributed by atoms with Crippen LogP contribution in [-0.2, 0) is 9.53 Å². The number of nitrogens with two attached hydrogens (primary N) is 1. The van der Waals surface area contributed by atoms with Gasteiger partial charge in [-0.3, -0.25) is 4.79 Å².